The molecule has 21 heavy (non-hydrogen) atoms. The van der Waals surface area contributed by atoms with Crippen molar-refractivity contribution in [3.8, 4) is 0 Å². The molecule has 0 bridgehead atoms. The van der Waals surface area contributed by atoms with Gasteiger partial charge in [-0.3, -0.25) is 4.79 Å². The lowest BCUT2D eigenvalue weighted by molar-refractivity contribution is 1.23. The first-order valence-electron chi connectivity index (χ1n) is 6.29. The van der Waals surface area contributed by atoms with E-state index in [2.05, 4.69) is 32.6 Å². The molecule has 3 heterocycles. The van der Waals surface area contributed by atoms with Gasteiger partial charge in [-0.15, -0.1) is 11.3 Å². The fraction of sp³-hybridized carbons (Fsp3) is 0.0714. The van der Waals surface area contributed by atoms with Crippen molar-refractivity contribution in [1.82, 2.24) is 15.0 Å². The maximum atomic E-state index is 11.4. The summed E-state index contributed by atoms with van der Waals surface area (Å²) in [6, 6.07) is 5.78. The van der Waals surface area contributed by atoms with E-state index in [1.165, 1.54) is 11.3 Å². The monoisotopic (exact) mass is 314 g/mol. The summed E-state index contributed by atoms with van der Waals surface area (Å²) < 4.78 is 0.928. The van der Waals surface area contributed by atoms with E-state index in [-0.39, 0.29) is 4.87 Å². The number of aromatic nitrogens is 3. The molecular weight excluding hydrogens is 304 g/mol. The van der Waals surface area contributed by atoms with Crippen molar-refractivity contribution >= 4 is 54.6 Å². The van der Waals surface area contributed by atoms with Crippen molar-refractivity contribution in [2.24, 2.45) is 0 Å². The topological polar surface area (TPSA) is 70.7 Å². The number of hydrogen-bond donors (Lipinski definition) is 2. The zero-order valence-electron chi connectivity index (χ0n) is 11.0. The summed E-state index contributed by atoms with van der Waals surface area (Å²) in [5, 5.41) is 6.44. The molecule has 2 N–H and O–H groups in total. The van der Waals surface area contributed by atoms with Gasteiger partial charge in [-0.1, -0.05) is 11.3 Å². The van der Waals surface area contributed by atoms with E-state index in [0.717, 1.165) is 37.5 Å². The fourth-order valence-corrected chi connectivity index (χ4v) is 3.94. The molecule has 0 aliphatic rings. The van der Waals surface area contributed by atoms with E-state index in [0.29, 0.717) is 0 Å². The van der Waals surface area contributed by atoms with Crippen LogP contribution in [0.3, 0.4) is 0 Å². The maximum absolute atomic E-state index is 11.4. The molecule has 0 saturated carbocycles. The highest BCUT2D eigenvalue weighted by Gasteiger charge is 2.09. The minimum Gasteiger partial charge on any atom is -0.340 e. The molecule has 0 spiro atoms. The van der Waals surface area contributed by atoms with Gasteiger partial charge in [-0.2, -0.15) is 0 Å². The first-order chi connectivity index (χ1) is 10.2. The number of aryl methyl sites for hydroxylation is 1. The van der Waals surface area contributed by atoms with Gasteiger partial charge in [0.2, 0.25) is 0 Å². The summed E-state index contributed by atoms with van der Waals surface area (Å²) in [5.41, 5.74) is 2.92. The number of anilines is 2. The Bertz CT molecular complexity index is 1010. The Kier molecular flexibility index (Phi) is 2.76. The highest BCUT2D eigenvalue weighted by atomic mass is 32.1. The molecular formula is C14H10N4OS2. The summed E-state index contributed by atoms with van der Waals surface area (Å²) in [7, 11) is 0. The van der Waals surface area contributed by atoms with Crippen LogP contribution in [-0.4, -0.2) is 15.0 Å². The normalized spacial score (nSPS) is 11.3. The van der Waals surface area contributed by atoms with Crippen LogP contribution in [0.1, 0.15) is 5.56 Å². The summed E-state index contributed by atoms with van der Waals surface area (Å²) in [6.45, 7) is 2.05. The number of nitrogens with one attached hydrogen (secondary N) is 2. The van der Waals surface area contributed by atoms with Crippen LogP contribution in [-0.2, 0) is 0 Å². The van der Waals surface area contributed by atoms with Gasteiger partial charge in [-0.25, -0.2) is 9.97 Å². The van der Waals surface area contributed by atoms with Gasteiger partial charge in [0, 0.05) is 5.69 Å². The van der Waals surface area contributed by atoms with Crippen LogP contribution in [0.4, 0.5) is 11.5 Å². The number of hydrogen-bond acceptors (Lipinski definition) is 6. The Morgan fingerprint density at radius 2 is 2.19 bits per heavy atom. The summed E-state index contributed by atoms with van der Waals surface area (Å²) in [4.78, 5) is 23.7. The van der Waals surface area contributed by atoms with Crippen LogP contribution in [0.5, 0.6) is 0 Å². The molecule has 0 aliphatic heterocycles. The van der Waals surface area contributed by atoms with Crippen molar-refractivity contribution in [3.63, 3.8) is 0 Å². The van der Waals surface area contributed by atoms with Crippen molar-refractivity contribution in [3.05, 3.63) is 45.1 Å². The van der Waals surface area contributed by atoms with Crippen molar-refractivity contribution in [1.29, 1.82) is 0 Å². The summed E-state index contributed by atoms with van der Waals surface area (Å²) in [6.07, 6.45) is 1.56. The van der Waals surface area contributed by atoms with Crippen molar-refractivity contribution in [2.75, 3.05) is 5.32 Å². The number of fused-ring (bicyclic) bond motifs is 2. The smallest absolute Gasteiger partial charge is 0.305 e. The van der Waals surface area contributed by atoms with Crippen LogP contribution < -0.4 is 10.2 Å². The third kappa shape index (κ3) is 2.10. The highest BCUT2D eigenvalue weighted by Crippen LogP contribution is 2.31. The molecule has 3 aromatic heterocycles. The van der Waals surface area contributed by atoms with E-state index >= 15 is 0 Å². The second-order valence-corrected chi connectivity index (χ2v) is 6.54. The largest absolute Gasteiger partial charge is 0.340 e. The zero-order valence-corrected chi connectivity index (χ0v) is 12.6. The van der Waals surface area contributed by atoms with Gasteiger partial charge in [-0.05, 0) is 36.1 Å². The zero-order chi connectivity index (χ0) is 14.4. The Labute approximate surface area is 127 Å². The Morgan fingerprint density at radius 1 is 1.29 bits per heavy atom. The van der Waals surface area contributed by atoms with Gasteiger partial charge in [0.05, 0.1) is 15.6 Å². The van der Waals surface area contributed by atoms with Crippen LogP contribution >= 0.6 is 22.7 Å². The van der Waals surface area contributed by atoms with Crippen molar-refractivity contribution < 1.29 is 0 Å². The second-order valence-electron chi connectivity index (χ2n) is 4.67. The fourth-order valence-electron chi connectivity index (χ4n) is 2.27. The third-order valence-corrected chi connectivity index (χ3v) is 5.09. The standard InChI is InChI=1S/C14H10N4OS2/c1-7-5-20-13-11(7)12(15-6-16-13)17-8-2-3-9-10(4-8)21-14(19)18-9/h2-6H,1H3,(H,18,19)(H,15,16,17). The quantitative estimate of drug-likeness (QED) is 0.592. The molecule has 7 heteroatoms. The number of benzene rings is 1. The number of rotatable bonds is 2. The average molecular weight is 314 g/mol. The van der Waals surface area contributed by atoms with E-state index in [4.69, 9.17) is 0 Å². The van der Waals surface area contributed by atoms with Crippen LogP contribution in [0.15, 0.2) is 34.7 Å². The maximum Gasteiger partial charge on any atom is 0.305 e. The molecule has 0 amide bonds. The molecule has 0 saturated heterocycles. The van der Waals surface area contributed by atoms with E-state index in [1.807, 2.05) is 18.2 Å². The minimum absolute atomic E-state index is 0.0414. The van der Waals surface area contributed by atoms with Gasteiger partial charge in [0.25, 0.3) is 0 Å². The first-order valence-corrected chi connectivity index (χ1v) is 7.99. The molecule has 4 rings (SSSR count). The molecule has 0 unspecified atom stereocenters. The van der Waals surface area contributed by atoms with Crippen LogP contribution in [0, 0.1) is 6.92 Å². The van der Waals surface area contributed by atoms with E-state index in [9.17, 15) is 4.79 Å². The summed E-state index contributed by atoms with van der Waals surface area (Å²) in [5.74, 6) is 0.793. The molecule has 0 fully saturated rings. The molecule has 1 aromatic carbocycles. The molecule has 104 valence electrons. The van der Waals surface area contributed by atoms with E-state index < -0.39 is 0 Å². The number of thiophene rings is 1. The number of aromatic amines is 1. The molecule has 0 atom stereocenters. The van der Waals surface area contributed by atoms with Crippen molar-refractivity contribution in [2.45, 2.75) is 6.92 Å². The molecule has 0 radical (unpaired) electrons. The number of nitrogens with zero attached hydrogens (tertiary/aromatic N) is 2. The minimum atomic E-state index is -0.0414. The molecule has 0 aliphatic carbocycles. The molecule has 4 aromatic rings. The van der Waals surface area contributed by atoms with Gasteiger partial charge in [0.15, 0.2) is 0 Å². The van der Waals surface area contributed by atoms with Gasteiger partial charge >= 0.3 is 4.87 Å². The number of thiazole rings is 1. The number of H-pyrrole nitrogens is 1. The third-order valence-electron chi connectivity index (χ3n) is 3.24. The predicted molar refractivity (Wildman–Crippen MR) is 87.9 cm³/mol. The van der Waals surface area contributed by atoms with E-state index in [1.54, 1.807) is 17.7 Å². The first kappa shape index (κ1) is 12.5. The van der Waals surface area contributed by atoms with Gasteiger partial charge < -0.3 is 10.3 Å². The lowest BCUT2D eigenvalue weighted by atomic mass is 10.2. The SMILES string of the molecule is Cc1csc2ncnc(Nc3ccc4[nH]c(=O)sc4c3)c12. The second kappa shape index (κ2) is 4.64. The highest BCUT2D eigenvalue weighted by molar-refractivity contribution is 7.17. The predicted octanol–water partition coefficient (Wildman–Crippen LogP) is 3.65. The molecule has 5 nitrogen and oxygen atoms in total. The van der Waals surface area contributed by atoms with Gasteiger partial charge in [0.1, 0.15) is 17.0 Å². The Balaban J connectivity index is 1.82. The van der Waals surface area contributed by atoms with Crippen LogP contribution in [0.25, 0.3) is 20.4 Å². The summed E-state index contributed by atoms with van der Waals surface area (Å²) >= 11 is 2.81. The Hall–Kier alpha value is -2.25. The lowest BCUT2D eigenvalue weighted by Crippen LogP contribution is -1.95. The lowest BCUT2D eigenvalue weighted by Gasteiger charge is -2.07. The average Bonchev–Trinajstić information content (AvgIpc) is 3.02. The van der Waals surface area contributed by atoms with Crippen LogP contribution in [0.2, 0.25) is 0 Å². The Morgan fingerprint density at radius 3 is 3.10 bits per heavy atom.